The third-order valence-corrected chi connectivity index (χ3v) is 3.48. The molecule has 3 unspecified atom stereocenters. The molecule has 1 saturated heterocycles. The Kier molecular flexibility index (Phi) is 3.29. The Bertz CT molecular complexity index is 406. The first kappa shape index (κ1) is 11.7. The summed E-state index contributed by atoms with van der Waals surface area (Å²) in [5.41, 5.74) is 0. The minimum absolute atomic E-state index is 0.104. The lowest BCUT2D eigenvalue weighted by Crippen LogP contribution is -2.49. The molecule has 0 bridgehead atoms. The first-order valence-electron chi connectivity index (χ1n) is 6.27. The fourth-order valence-electron chi connectivity index (χ4n) is 2.59. The van der Waals surface area contributed by atoms with Crippen LogP contribution in [0.15, 0.2) is 16.8 Å². The number of hydrogen-bond acceptors (Lipinski definition) is 5. The van der Waals surface area contributed by atoms with Crippen molar-refractivity contribution in [3.63, 3.8) is 0 Å². The zero-order chi connectivity index (χ0) is 12.4. The van der Waals surface area contributed by atoms with Gasteiger partial charge in [0.1, 0.15) is 0 Å². The summed E-state index contributed by atoms with van der Waals surface area (Å²) in [5.74, 6) is 0.0330. The zero-order valence-corrected chi connectivity index (χ0v) is 10.0. The van der Waals surface area contributed by atoms with Gasteiger partial charge in [-0.1, -0.05) is 5.16 Å². The van der Waals surface area contributed by atoms with Crippen LogP contribution in [0.4, 0.5) is 0 Å². The van der Waals surface area contributed by atoms with E-state index in [0.29, 0.717) is 13.2 Å². The number of carbonyl (C=O) groups is 1. The van der Waals surface area contributed by atoms with Crippen LogP contribution in [0.25, 0.3) is 0 Å². The van der Waals surface area contributed by atoms with Gasteiger partial charge in [-0.3, -0.25) is 4.79 Å². The topological polar surface area (TPSA) is 73.6 Å². The number of amides is 1. The molecule has 0 aromatic carbocycles. The summed E-state index contributed by atoms with van der Waals surface area (Å²) < 4.78 is 16.1. The highest BCUT2D eigenvalue weighted by molar-refractivity contribution is 5.91. The summed E-state index contributed by atoms with van der Waals surface area (Å²) >= 11 is 0. The Balaban J connectivity index is 1.56. The molecule has 1 saturated carbocycles. The molecule has 1 aliphatic carbocycles. The summed E-state index contributed by atoms with van der Waals surface area (Å²) in [4.78, 5) is 11.8. The van der Waals surface area contributed by atoms with Crippen LogP contribution in [0.1, 0.15) is 29.8 Å². The maximum absolute atomic E-state index is 11.8. The highest BCUT2D eigenvalue weighted by Gasteiger charge is 2.34. The van der Waals surface area contributed by atoms with Gasteiger partial charge in [0.15, 0.2) is 0 Å². The number of ether oxygens (including phenoxy) is 2. The fraction of sp³-hybridized carbons (Fsp3) is 0.667. The van der Waals surface area contributed by atoms with Gasteiger partial charge in [0, 0.05) is 12.1 Å². The fourth-order valence-corrected chi connectivity index (χ4v) is 2.59. The highest BCUT2D eigenvalue weighted by atomic mass is 16.6. The average molecular weight is 252 g/mol. The molecule has 2 aliphatic rings. The summed E-state index contributed by atoms with van der Waals surface area (Å²) in [7, 11) is 0. The maximum atomic E-state index is 11.8. The van der Waals surface area contributed by atoms with Gasteiger partial charge in [-0.2, -0.15) is 0 Å². The van der Waals surface area contributed by atoms with Crippen LogP contribution in [-0.4, -0.2) is 42.5 Å². The predicted molar refractivity (Wildman–Crippen MR) is 61.1 cm³/mol. The molecule has 2 heterocycles. The Hall–Kier alpha value is -1.40. The molecule has 18 heavy (non-hydrogen) atoms. The molecule has 0 spiro atoms. The van der Waals surface area contributed by atoms with Gasteiger partial charge >= 0.3 is 0 Å². The molecule has 1 N–H and O–H groups in total. The normalized spacial score (nSPS) is 31.7. The van der Waals surface area contributed by atoms with E-state index in [2.05, 4.69) is 10.5 Å². The van der Waals surface area contributed by atoms with E-state index in [9.17, 15) is 4.79 Å². The molecule has 2 fully saturated rings. The number of carbonyl (C=O) groups excluding carboxylic acids is 1. The van der Waals surface area contributed by atoms with Crippen LogP contribution in [-0.2, 0) is 9.47 Å². The quantitative estimate of drug-likeness (QED) is 0.840. The molecule has 0 radical (unpaired) electrons. The highest BCUT2D eigenvalue weighted by Crippen LogP contribution is 2.26. The van der Waals surface area contributed by atoms with Gasteiger partial charge in [-0.05, 0) is 19.3 Å². The third kappa shape index (κ3) is 2.39. The number of rotatable bonds is 2. The SMILES string of the molecule is O=C(NC1CCC2OCCOC2C1)c1ccno1. The molecular formula is C12H16N2O4. The van der Waals surface area contributed by atoms with Crippen molar-refractivity contribution in [2.45, 2.75) is 37.5 Å². The van der Waals surface area contributed by atoms with E-state index < -0.39 is 0 Å². The summed E-state index contributed by atoms with van der Waals surface area (Å²) in [6.45, 7) is 1.32. The van der Waals surface area contributed by atoms with Gasteiger partial charge in [0.2, 0.25) is 5.76 Å². The Morgan fingerprint density at radius 3 is 2.89 bits per heavy atom. The second kappa shape index (κ2) is 5.07. The minimum atomic E-state index is -0.215. The van der Waals surface area contributed by atoms with E-state index in [1.165, 1.54) is 6.20 Å². The van der Waals surface area contributed by atoms with Crippen molar-refractivity contribution in [3.8, 4) is 0 Å². The Labute approximate surface area is 105 Å². The Morgan fingerprint density at radius 1 is 1.28 bits per heavy atom. The van der Waals surface area contributed by atoms with Crippen LogP contribution < -0.4 is 5.32 Å². The van der Waals surface area contributed by atoms with E-state index >= 15 is 0 Å². The average Bonchev–Trinajstić information content (AvgIpc) is 2.92. The number of aromatic nitrogens is 1. The summed E-state index contributed by atoms with van der Waals surface area (Å²) in [6, 6.07) is 1.67. The monoisotopic (exact) mass is 252 g/mol. The van der Waals surface area contributed by atoms with Crippen LogP contribution in [0.2, 0.25) is 0 Å². The van der Waals surface area contributed by atoms with Gasteiger partial charge in [0.05, 0.1) is 31.6 Å². The molecule has 1 aromatic heterocycles. The zero-order valence-electron chi connectivity index (χ0n) is 10.0. The second-order valence-electron chi connectivity index (χ2n) is 4.68. The lowest BCUT2D eigenvalue weighted by molar-refractivity contribution is -0.157. The largest absolute Gasteiger partial charge is 0.373 e. The van der Waals surface area contributed by atoms with Gasteiger partial charge < -0.3 is 19.3 Å². The van der Waals surface area contributed by atoms with Crippen LogP contribution in [0.3, 0.4) is 0 Å². The summed E-state index contributed by atoms with van der Waals surface area (Å²) in [5, 5.41) is 6.47. The standard InChI is InChI=1S/C12H16N2O4/c15-12(10-3-4-13-18-10)14-8-1-2-9-11(7-8)17-6-5-16-9/h3-4,8-9,11H,1-2,5-7H2,(H,14,15). The van der Waals surface area contributed by atoms with E-state index in [4.69, 9.17) is 14.0 Å². The molecule has 98 valence electrons. The summed E-state index contributed by atoms with van der Waals surface area (Å²) in [6.07, 6.45) is 4.38. The van der Waals surface area contributed by atoms with E-state index in [1.807, 2.05) is 0 Å². The molecule has 6 nitrogen and oxygen atoms in total. The van der Waals surface area contributed by atoms with Crippen molar-refractivity contribution in [2.75, 3.05) is 13.2 Å². The minimum Gasteiger partial charge on any atom is -0.373 e. The van der Waals surface area contributed by atoms with E-state index in [1.54, 1.807) is 6.07 Å². The molecule has 6 heteroatoms. The van der Waals surface area contributed by atoms with Crippen LogP contribution in [0.5, 0.6) is 0 Å². The lowest BCUT2D eigenvalue weighted by atomic mass is 9.89. The van der Waals surface area contributed by atoms with Gasteiger partial charge in [0.25, 0.3) is 5.91 Å². The second-order valence-corrected chi connectivity index (χ2v) is 4.68. The first-order chi connectivity index (χ1) is 8.83. The van der Waals surface area contributed by atoms with Crippen molar-refractivity contribution in [2.24, 2.45) is 0 Å². The number of nitrogens with one attached hydrogen (secondary N) is 1. The van der Waals surface area contributed by atoms with Gasteiger partial charge in [-0.15, -0.1) is 0 Å². The van der Waals surface area contributed by atoms with Crippen molar-refractivity contribution in [1.82, 2.24) is 10.5 Å². The van der Waals surface area contributed by atoms with E-state index in [-0.39, 0.29) is 29.9 Å². The molecule has 3 rings (SSSR count). The predicted octanol–water partition coefficient (Wildman–Crippen LogP) is 0.741. The van der Waals surface area contributed by atoms with Crippen molar-refractivity contribution in [1.29, 1.82) is 0 Å². The van der Waals surface area contributed by atoms with Gasteiger partial charge in [-0.25, -0.2) is 0 Å². The smallest absolute Gasteiger partial charge is 0.290 e. The number of fused-ring (bicyclic) bond motifs is 1. The van der Waals surface area contributed by atoms with Crippen molar-refractivity contribution in [3.05, 3.63) is 18.0 Å². The van der Waals surface area contributed by atoms with E-state index in [0.717, 1.165) is 19.3 Å². The van der Waals surface area contributed by atoms with Crippen LogP contribution >= 0.6 is 0 Å². The van der Waals surface area contributed by atoms with Crippen molar-refractivity contribution < 1.29 is 18.8 Å². The van der Waals surface area contributed by atoms with Crippen molar-refractivity contribution >= 4 is 5.91 Å². The Morgan fingerprint density at radius 2 is 2.11 bits per heavy atom. The third-order valence-electron chi connectivity index (χ3n) is 3.48. The number of hydrogen-bond donors (Lipinski definition) is 1. The molecule has 1 amide bonds. The number of nitrogens with zero attached hydrogens (tertiary/aromatic N) is 1. The maximum Gasteiger partial charge on any atom is 0.290 e. The van der Waals surface area contributed by atoms with Crippen LogP contribution in [0, 0.1) is 0 Å². The molecule has 1 aromatic rings. The lowest BCUT2D eigenvalue weighted by Gasteiger charge is -2.38. The molecular weight excluding hydrogens is 236 g/mol. The molecule has 3 atom stereocenters. The molecule has 1 aliphatic heterocycles. The first-order valence-corrected chi connectivity index (χ1v) is 6.27.